The van der Waals surface area contributed by atoms with Gasteiger partial charge in [0.1, 0.15) is 11.4 Å². The summed E-state index contributed by atoms with van der Waals surface area (Å²) in [6.07, 6.45) is 3.45. The third-order valence-corrected chi connectivity index (χ3v) is 2.04. The molecule has 2 nitrogen and oxygen atoms in total. The highest BCUT2D eigenvalue weighted by atomic mass is 19.1. The van der Waals surface area contributed by atoms with E-state index in [1.165, 1.54) is 12.2 Å². The molecule has 0 aromatic carbocycles. The zero-order valence-corrected chi connectivity index (χ0v) is 9.37. The van der Waals surface area contributed by atoms with Crippen molar-refractivity contribution in [1.29, 1.82) is 0 Å². The van der Waals surface area contributed by atoms with Crippen LogP contribution in [-0.2, 0) is 4.74 Å². The summed E-state index contributed by atoms with van der Waals surface area (Å²) in [4.78, 5) is 0. The molecule has 0 amide bonds. The Bertz CT molecular complexity index is 248. The summed E-state index contributed by atoms with van der Waals surface area (Å²) in [5.74, 6) is -0.475. The van der Waals surface area contributed by atoms with E-state index in [9.17, 15) is 9.50 Å². The van der Waals surface area contributed by atoms with Crippen molar-refractivity contribution < 1.29 is 14.2 Å². The Hall–Kier alpha value is -0.930. The van der Waals surface area contributed by atoms with E-state index in [0.717, 1.165) is 6.08 Å². The Morgan fingerprint density at radius 2 is 2.27 bits per heavy atom. The van der Waals surface area contributed by atoms with Crippen molar-refractivity contribution in [2.45, 2.75) is 32.0 Å². The molecule has 0 fully saturated rings. The number of hydrogen-bond acceptors (Lipinski definition) is 2. The molecule has 0 aromatic heterocycles. The number of aliphatic hydroxyl groups is 1. The molecule has 0 radical (unpaired) electrons. The summed E-state index contributed by atoms with van der Waals surface area (Å²) in [6.45, 7) is 11.2. The van der Waals surface area contributed by atoms with Crippen LogP contribution in [0.15, 0.2) is 37.2 Å². The topological polar surface area (TPSA) is 29.5 Å². The zero-order valence-electron chi connectivity index (χ0n) is 9.37. The predicted molar refractivity (Wildman–Crippen MR) is 60.2 cm³/mol. The Labute approximate surface area is 90.8 Å². The number of aliphatic hydroxyl groups excluding tert-OH is 1. The van der Waals surface area contributed by atoms with Gasteiger partial charge in [-0.25, -0.2) is 4.39 Å². The van der Waals surface area contributed by atoms with Gasteiger partial charge >= 0.3 is 0 Å². The number of ether oxygens (including phenoxy) is 1. The van der Waals surface area contributed by atoms with Crippen molar-refractivity contribution in [3.63, 3.8) is 0 Å². The second-order valence-electron chi connectivity index (χ2n) is 2.98. The Balaban J connectivity index is 0.000000921. The zero-order chi connectivity index (χ0) is 11.9. The van der Waals surface area contributed by atoms with Crippen LogP contribution in [0.1, 0.15) is 20.3 Å². The van der Waals surface area contributed by atoms with Crippen LogP contribution in [0.2, 0.25) is 0 Å². The van der Waals surface area contributed by atoms with Crippen LogP contribution in [0.3, 0.4) is 0 Å². The van der Waals surface area contributed by atoms with Gasteiger partial charge in [0.25, 0.3) is 0 Å². The average Bonchev–Trinajstić information content (AvgIpc) is 2.54. The minimum atomic E-state index is -1.15. The van der Waals surface area contributed by atoms with Crippen molar-refractivity contribution in [1.82, 2.24) is 0 Å². The van der Waals surface area contributed by atoms with E-state index in [4.69, 9.17) is 4.74 Å². The second kappa shape index (κ2) is 6.53. The normalized spacial score (nSPS) is 28.8. The molecule has 0 bridgehead atoms. The van der Waals surface area contributed by atoms with Gasteiger partial charge in [0.15, 0.2) is 0 Å². The molecule has 15 heavy (non-hydrogen) atoms. The molecular formula is C12H19FO2. The maximum absolute atomic E-state index is 13.3. The van der Waals surface area contributed by atoms with Crippen molar-refractivity contribution in [3.05, 3.63) is 37.2 Å². The van der Waals surface area contributed by atoms with E-state index in [2.05, 4.69) is 13.2 Å². The Kier molecular flexibility index (Phi) is 6.13. The van der Waals surface area contributed by atoms with Gasteiger partial charge < -0.3 is 9.84 Å². The molecule has 2 atom stereocenters. The second-order valence-corrected chi connectivity index (χ2v) is 2.98. The quantitative estimate of drug-likeness (QED) is 0.729. The van der Waals surface area contributed by atoms with Gasteiger partial charge in [-0.15, -0.1) is 6.58 Å². The van der Waals surface area contributed by atoms with Gasteiger partial charge in [-0.3, -0.25) is 0 Å². The van der Waals surface area contributed by atoms with E-state index < -0.39 is 17.5 Å². The molecule has 1 unspecified atom stereocenters. The lowest BCUT2D eigenvalue weighted by atomic mass is 10.0. The molecule has 1 aliphatic rings. The highest BCUT2D eigenvalue weighted by Gasteiger charge is 2.40. The van der Waals surface area contributed by atoms with Gasteiger partial charge in [-0.05, 0) is 6.08 Å². The van der Waals surface area contributed by atoms with Gasteiger partial charge in [0.2, 0.25) is 0 Å². The first-order chi connectivity index (χ1) is 7.14. The van der Waals surface area contributed by atoms with E-state index in [-0.39, 0.29) is 13.0 Å². The van der Waals surface area contributed by atoms with Gasteiger partial charge in [-0.2, -0.15) is 0 Å². The number of hydrogen-bond donors (Lipinski definition) is 1. The molecule has 0 saturated carbocycles. The van der Waals surface area contributed by atoms with Gasteiger partial charge in [-0.1, -0.05) is 32.6 Å². The maximum Gasteiger partial charge on any atom is 0.140 e. The lowest BCUT2D eigenvalue weighted by molar-refractivity contribution is 0.00764. The van der Waals surface area contributed by atoms with Gasteiger partial charge in [0, 0.05) is 6.42 Å². The summed E-state index contributed by atoms with van der Waals surface area (Å²) in [7, 11) is 0. The van der Waals surface area contributed by atoms with E-state index >= 15 is 0 Å². The fourth-order valence-electron chi connectivity index (χ4n) is 1.35. The van der Waals surface area contributed by atoms with E-state index in [1.807, 2.05) is 13.8 Å². The highest BCUT2D eigenvalue weighted by molar-refractivity contribution is 5.27. The molecule has 0 spiro atoms. The van der Waals surface area contributed by atoms with Crippen LogP contribution < -0.4 is 0 Å². The van der Waals surface area contributed by atoms with Gasteiger partial charge in [0.05, 0.1) is 12.7 Å². The first-order valence-electron chi connectivity index (χ1n) is 5.09. The smallest absolute Gasteiger partial charge is 0.140 e. The number of rotatable bonds is 4. The minimum Gasteiger partial charge on any atom is -0.389 e. The Morgan fingerprint density at radius 1 is 1.67 bits per heavy atom. The number of halogens is 1. The SMILES string of the molecule is C=CCO[C@@]1(C=C)CC(O)C=C1F.CC. The molecule has 0 aromatic rings. The molecule has 3 heteroatoms. The van der Waals surface area contributed by atoms with E-state index in [1.54, 1.807) is 0 Å². The monoisotopic (exact) mass is 214 g/mol. The van der Waals surface area contributed by atoms with Crippen LogP contribution in [0.5, 0.6) is 0 Å². The third-order valence-electron chi connectivity index (χ3n) is 2.04. The standard InChI is InChI=1S/C10H13FO2.C2H6/c1-3-5-13-10(4-2)7-8(12)6-9(10)11;1-2/h3-4,6,8,12H,1-2,5,7H2;1-2H3/t8?,10-;/m0./s1. The lowest BCUT2D eigenvalue weighted by Gasteiger charge is -2.24. The molecule has 1 aliphatic carbocycles. The minimum absolute atomic E-state index is 0.191. The Morgan fingerprint density at radius 3 is 2.60 bits per heavy atom. The highest BCUT2D eigenvalue weighted by Crippen LogP contribution is 2.36. The summed E-state index contributed by atoms with van der Waals surface area (Å²) in [6, 6.07) is 0. The van der Waals surface area contributed by atoms with Crippen LogP contribution >= 0.6 is 0 Å². The van der Waals surface area contributed by atoms with Crippen LogP contribution in [0, 0.1) is 0 Å². The fraction of sp³-hybridized carbons (Fsp3) is 0.500. The van der Waals surface area contributed by atoms with E-state index in [0.29, 0.717) is 0 Å². The summed E-state index contributed by atoms with van der Waals surface area (Å²) in [5.41, 5.74) is -1.15. The fourth-order valence-corrected chi connectivity index (χ4v) is 1.35. The summed E-state index contributed by atoms with van der Waals surface area (Å²) in [5, 5.41) is 9.20. The average molecular weight is 214 g/mol. The van der Waals surface area contributed by atoms with Crippen molar-refractivity contribution in [3.8, 4) is 0 Å². The molecular weight excluding hydrogens is 195 g/mol. The summed E-state index contributed by atoms with van der Waals surface area (Å²) < 4.78 is 18.5. The maximum atomic E-state index is 13.3. The van der Waals surface area contributed by atoms with Crippen LogP contribution in [0.25, 0.3) is 0 Å². The van der Waals surface area contributed by atoms with Crippen molar-refractivity contribution in [2.24, 2.45) is 0 Å². The molecule has 0 saturated heterocycles. The molecule has 0 aliphatic heterocycles. The molecule has 0 heterocycles. The summed E-state index contributed by atoms with van der Waals surface area (Å²) >= 11 is 0. The first kappa shape index (κ1) is 14.1. The lowest BCUT2D eigenvalue weighted by Crippen LogP contribution is -2.30. The largest absolute Gasteiger partial charge is 0.389 e. The third kappa shape index (κ3) is 3.29. The molecule has 1 rings (SSSR count). The predicted octanol–water partition coefficient (Wildman–Crippen LogP) is 2.76. The van der Waals surface area contributed by atoms with Crippen molar-refractivity contribution in [2.75, 3.05) is 6.61 Å². The van der Waals surface area contributed by atoms with Crippen molar-refractivity contribution >= 4 is 0 Å². The first-order valence-corrected chi connectivity index (χ1v) is 5.09. The molecule has 1 N–H and O–H groups in total. The van der Waals surface area contributed by atoms with Crippen LogP contribution in [0.4, 0.5) is 4.39 Å². The molecule has 86 valence electrons. The van der Waals surface area contributed by atoms with Crippen LogP contribution in [-0.4, -0.2) is 23.4 Å².